The molecule has 0 saturated carbocycles. The average molecular weight is 246 g/mol. The van der Waals surface area contributed by atoms with E-state index in [0.717, 1.165) is 30.2 Å². The summed E-state index contributed by atoms with van der Waals surface area (Å²) in [5.41, 5.74) is 1.06. The lowest BCUT2D eigenvalue weighted by atomic mass is 10.0. The minimum absolute atomic E-state index is 0.278. The number of hydrogen-bond acceptors (Lipinski definition) is 2. The van der Waals surface area contributed by atoms with Crippen molar-refractivity contribution in [1.29, 1.82) is 0 Å². The predicted molar refractivity (Wildman–Crippen MR) is 62.3 cm³/mol. The lowest BCUT2D eigenvalue weighted by Gasteiger charge is -2.38. The van der Waals surface area contributed by atoms with Gasteiger partial charge in [-0.15, -0.1) is 0 Å². The maximum Gasteiger partial charge on any atom is 0.0483 e. The molecule has 1 saturated heterocycles. The third kappa shape index (κ3) is 2.64. The molecule has 1 fully saturated rings. The number of nitrogens with zero attached hydrogens (tertiary/aromatic N) is 1. The summed E-state index contributed by atoms with van der Waals surface area (Å²) in [4.78, 5) is 2.25. The van der Waals surface area contributed by atoms with Crippen molar-refractivity contribution in [2.75, 3.05) is 19.7 Å². The van der Waals surface area contributed by atoms with E-state index in [1.807, 2.05) is 12.1 Å². The van der Waals surface area contributed by atoms with Crippen LogP contribution in [0.3, 0.4) is 0 Å². The molecule has 0 spiro atoms. The van der Waals surface area contributed by atoms with Crippen molar-refractivity contribution in [2.45, 2.75) is 6.54 Å². The van der Waals surface area contributed by atoms with Gasteiger partial charge in [0, 0.05) is 42.2 Å². The van der Waals surface area contributed by atoms with Crippen molar-refractivity contribution >= 4 is 23.2 Å². The van der Waals surface area contributed by atoms with Gasteiger partial charge in [0.2, 0.25) is 0 Å². The van der Waals surface area contributed by atoms with Crippen LogP contribution in [0, 0.1) is 5.92 Å². The molecule has 15 heavy (non-hydrogen) atoms. The molecule has 82 valence electrons. The fraction of sp³-hybridized carbons (Fsp3) is 0.455. The predicted octanol–water partition coefficient (Wildman–Crippen LogP) is 2.42. The Morgan fingerprint density at radius 2 is 2.07 bits per heavy atom. The number of rotatable bonds is 3. The van der Waals surface area contributed by atoms with Crippen LogP contribution in [0.5, 0.6) is 0 Å². The molecule has 0 unspecified atom stereocenters. The molecule has 0 atom stereocenters. The fourth-order valence-electron chi connectivity index (χ4n) is 1.83. The Hall–Kier alpha value is -0.280. The zero-order chi connectivity index (χ0) is 10.8. The van der Waals surface area contributed by atoms with Crippen molar-refractivity contribution in [1.82, 2.24) is 4.90 Å². The Morgan fingerprint density at radius 1 is 1.33 bits per heavy atom. The highest BCUT2D eigenvalue weighted by molar-refractivity contribution is 6.33. The summed E-state index contributed by atoms with van der Waals surface area (Å²) in [5, 5.41) is 10.4. The van der Waals surface area contributed by atoms with E-state index in [4.69, 9.17) is 28.3 Å². The summed E-state index contributed by atoms with van der Waals surface area (Å²) in [6.45, 7) is 2.98. The van der Waals surface area contributed by atoms with Crippen molar-refractivity contribution in [3.63, 3.8) is 0 Å². The lowest BCUT2D eigenvalue weighted by Crippen LogP contribution is -2.47. The van der Waals surface area contributed by atoms with Crippen LogP contribution in [-0.4, -0.2) is 29.7 Å². The molecule has 0 amide bonds. The van der Waals surface area contributed by atoms with E-state index < -0.39 is 0 Å². The summed E-state index contributed by atoms with van der Waals surface area (Å²) in [5.74, 6) is 0.433. The Balaban J connectivity index is 1.97. The van der Waals surface area contributed by atoms with E-state index in [9.17, 15) is 0 Å². The van der Waals surface area contributed by atoms with Crippen LogP contribution in [-0.2, 0) is 6.54 Å². The molecule has 2 nitrogen and oxygen atoms in total. The third-order valence-electron chi connectivity index (χ3n) is 2.69. The van der Waals surface area contributed by atoms with Gasteiger partial charge in [-0.25, -0.2) is 0 Å². The fourth-order valence-corrected chi connectivity index (χ4v) is 2.20. The number of aliphatic hydroxyl groups excluding tert-OH is 1. The molecule has 0 radical (unpaired) electrons. The number of likely N-dealkylation sites (tertiary alicyclic amines) is 1. The van der Waals surface area contributed by atoms with Crippen molar-refractivity contribution in [3.8, 4) is 0 Å². The molecular weight excluding hydrogens is 233 g/mol. The first-order valence-electron chi connectivity index (χ1n) is 4.96. The number of halogens is 2. The van der Waals surface area contributed by atoms with Crippen LogP contribution >= 0.6 is 23.2 Å². The minimum Gasteiger partial charge on any atom is -0.396 e. The maximum atomic E-state index is 8.89. The summed E-state index contributed by atoms with van der Waals surface area (Å²) in [6, 6.07) is 5.51. The van der Waals surface area contributed by atoms with Gasteiger partial charge in [-0.3, -0.25) is 4.90 Å². The van der Waals surface area contributed by atoms with E-state index in [1.165, 1.54) is 0 Å². The average Bonchev–Trinajstić information content (AvgIpc) is 2.16. The van der Waals surface area contributed by atoms with Crippen molar-refractivity contribution in [3.05, 3.63) is 33.8 Å². The number of aliphatic hydroxyl groups is 1. The molecule has 2 rings (SSSR count). The van der Waals surface area contributed by atoms with Gasteiger partial charge in [-0.2, -0.15) is 0 Å². The van der Waals surface area contributed by atoms with Crippen molar-refractivity contribution < 1.29 is 5.11 Å². The van der Waals surface area contributed by atoms with Gasteiger partial charge in [0.15, 0.2) is 0 Å². The molecule has 0 aliphatic carbocycles. The molecule has 1 N–H and O–H groups in total. The van der Waals surface area contributed by atoms with Gasteiger partial charge >= 0.3 is 0 Å². The van der Waals surface area contributed by atoms with Gasteiger partial charge < -0.3 is 5.11 Å². The Kier molecular flexibility index (Phi) is 3.52. The first-order chi connectivity index (χ1) is 7.19. The van der Waals surface area contributed by atoms with E-state index in [0.29, 0.717) is 10.9 Å². The molecule has 0 bridgehead atoms. The normalized spacial score (nSPS) is 17.8. The number of benzene rings is 1. The second kappa shape index (κ2) is 4.71. The van der Waals surface area contributed by atoms with Gasteiger partial charge in [0.25, 0.3) is 0 Å². The highest BCUT2D eigenvalue weighted by atomic mass is 35.5. The van der Waals surface area contributed by atoms with Crippen LogP contribution in [0.4, 0.5) is 0 Å². The SMILES string of the molecule is OCC1CN(Cc2cc(Cl)ccc2Cl)C1. The highest BCUT2D eigenvalue weighted by Crippen LogP contribution is 2.25. The second-order valence-electron chi connectivity index (χ2n) is 3.98. The molecule has 1 aliphatic rings. The van der Waals surface area contributed by atoms with Crippen LogP contribution in [0.25, 0.3) is 0 Å². The number of hydrogen-bond donors (Lipinski definition) is 1. The molecule has 1 aromatic carbocycles. The molecule has 1 aromatic rings. The van der Waals surface area contributed by atoms with Gasteiger partial charge in [0.05, 0.1) is 0 Å². The van der Waals surface area contributed by atoms with E-state index in [-0.39, 0.29) is 6.61 Å². The van der Waals surface area contributed by atoms with E-state index in [1.54, 1.807) is 6.07 Å². The zero-order valence-corrected chi connectivity index (χ0v) is 9.80. The minimum atomic E-state index is 0.278. The Bertz CT molecular complexity index is 350. The second-order valence-corrected chi connectivity index (χ2v) is 4.82. The van der Waals surface area contributed by atoms with Gasteiger partial charge in [-0.05, 0) is 23.8 Å². The lowest BCUT2D eigenvalue weighted by molar-refractivity contribution is 0.0479. The first-order valence-corrected chi connectivity index (χ1v) is 5.72. The maximum absolute atomic E-state index is 8.89. The summed E-state index contributed by atoms with van der Waals surface area (Å²) < 4.78 is 0. The summed E-state index contributed by atoms with van der Waals surface area (Å²) in [6.07, 6.45) is 0. The van der Waals surface area contributed by atoms with Crippen molar-refractivity contribution in [2.24, 2.45) is 5.92 Å². The van der Waals surface area contributed by atoms with Crippen LogP contribution < -0.4 is 0 Å². The highest BCUT2D eigenvalue weighted by Gasteiger charge is 2.25. The van der Waals surface area contributed by atoms with Crippen LogP contribution in [0.15, 0.2) is 18.2 Å². The largest absolute Gasteiger partial charge is 0.396 e. The van der Waals surface area contributed by atoms with E-state index >= 15 is 0 Å². The third-order valence-corrected chi connectivity index (χ3v) is 3.30. The van der Waals surface area contributed by atoms with Crippen LogP contribution in [0.2, 0.25) is 10.0 Å². The molecular formula is C11H13Cl2NO. The topological polar surface area (TPSA) is 23.5 Å². The molecule has 1 heterocycles. The zero-order valence-electron chi connectivity index (χ0n) is 8.29. The first kappa shape index (κ1) is 11.2. The Morgan fingerprint density at radius 3 is 2.73 bits per heavy atom. The quantitative estimate of drug-likeness (QED) is 0.885. The Labute approximate surface area is 99.4 Å². The summed E-state index contributed by atoms with van der Waals surface area (Å²) in [7, 11) is 0. The monoisotopic (exact) mass is 245 g/mol. The molecule has 4 heteroatoms. The molecule has 0 aromatic heterocycles. The summed E-state index contributed by atoms with van der Waals surface area (Å²) >= 11 is 12.0. The van der Waals surface area contributed by atoms with Crippen LogP contribution in [0.1, 0.15) is 5.56 Å². The van der Waals surface area contributed by atoms with Gasteiger partial charge in [0.1, 0.15) is 0 Å². The smallest absolute Gasteiger partial charge is 0.0483 e. The van der Waals surface area contributed by atoms with E-state index in [2.05, 4.69) is 4.90 Å². The molecule has 1 aliphatic heterocycles. The van der Waals surface area contributed by atoms with Gasteiger partial charge in [-0.1, -0.05) is 23.2 Å². The standard InChI is InChI=1S/C11H13Cl2NO/c12-10-1-2-11(13)9(3-10)6-14-4-8(5-14)7-15/h1-3,8,15H,4-7H2.